The van der Waals surface area contributed by atoms with Crippen molar-refractivity contribution in [3.63, 3.8) is 0 Å². The lowest BCUT2D eigenvalue weighted by atomic mass is 9.90. The summed E-state index contributed by atoms with van der Waals surface area (Å²) >= 11 is 0. The maximum Gasteiger partial charge on any atom is 0.164 e. The molecule has 0 amide bonds. The molecule has 0 aliphatic rings. The van der Waals surface area contributed by atoms with Crippen LogP contribution >= 0.6 is 0 Å². The molecule has 89 heavy (non-hydrogen) atoms. The van der Waals surface area contributed by atoms with Gasteiger partial charge in [0.2, 0.25) is 0 Å². The van der Waals surface area contributed by atoms with Crippen LogP contribution in [0.2, 0.25) is 0 Å². The van der Waals surface area contributed by atoms with Crippen LogP contribution in [-0.2, 0) is 0 Å². The molecule has 15 rings (SSSR count). The summed E-state index contributed by atoms with van der Waals surface area (Å²) in [5, 5.41) is 22.9. The maximum absolute atomic E-state index is 10.6. The van der Waals surface area contributed by atoms with Gasteiger partial charge in [0.1, 0.15) is 0 Å². The van der Waals surface area contributed by atoms with E-state index >= 15 is 0 Å². The molecule has 0 unspecified atom stereocenters. The standard InChI is InChI=1S/C78H47N11/c79-48-50-21-19-35-58(41-50)63-45-62(68-47-67(52-23-7-1-8-24-52)81-72(82-68)53-25-9-2-10-26-53)46-64(59-36-20-22-51(42-59)49-80)71(63)89-69-39-37-60(77-85-73(54-27-11-3-12-28-54)83-74(86-77)55-29-13-4-14-30-55)43-65(69)66-44-61(38-40-70(66)89)78-87-75(56-31-15-5-16-32-56)84-76(88-78)57-33-17-6-18-34-57/h1-47H. The van der Waals surface area contributed by atoms with E-state index < -0.39 is 0 Å². The molecule has 11 nitrogen and oxygen atoms in total. The lowest BCUT2D eigenvalue weighted by Gasteiger charge is -2.21. The fourth-order valence-electron chi connectivity index (χ4n) is 11.5. The number of nitriles is 2. The molecule has 4 aromatic heterocycles. The molecule has 414 valence electrons. The summed E-state index contributed by atoms with van der Waals surface area (Å²) in [6, 6.07) is 99.3. The number of aromatic nitrogens is 9. The fourth-order valence-corrected chi connectivity index (χ4v) is 11.5. The summed E-state index contributed by atoms with van der Waals surface area (Å²) in [7, 11) is 0. The number of hydrogen-bond acceptors (Lipinski definition) is 10. The lowest BCUT2D eigenvalue weighted by molar-refractivity contribution is 1.07. The van der Waals surface area contributed by atoms with Crippen molar-refractivity contribution in [3.05, 3.63) is 296 Å². The zero-order valence-corrected chi connectivity index (χ0v) is 47.6. The number of hydrogen-bond donors (Lipinski definition) is 0. The second-order valence-electron chi connectivity index (χ2n) is 21.4. The molecule has 0 saturated heterocycles. The van der Waals surface area contributed by atoms with Crippen LogP contribution in [0, 0.1) is 22.7 Å². The molecule has 0 fully saturated rings. The predicted molar refractivity (Wildman–Crippen MR) is 352 cm³/mol. The van der Waals surface area contributed by atoms with Crippen LogP contribution < -0.4 is 0 Å². The molecule has 0 N–H and O–H groups in total. The van der Waals surface area contributed by atoms with Crippen molar-refractivity contribution in [2.24, 2.45) is 0 Å². The highest BCUT2D eigenvalue weighted by Crippen LogP contribution is 2.46. The molecule has 0 radical (unpaired) electrons. The van der Waals surface area contributed by atoms with Crippen LogP contribution in [0.25, 0.3) is 152 Å². The van der Waals surface area contributed by atoms with E-state index in [4.69, 9.17) is 39.9 Å². The van der Waals surface area contributed by atoms with Gasteiger partial charge in [0, 0.05) is 72.0 Å². The van der Waals surface area contributed by atoms with Crippen LogP contribution in [-0.4, -0.2) is 44.4 Å². The molecule has 11 aromatic carbocycles. The van der Waals surface area contributed by atoms with E-state index in [-0.39, 0.29) is 0 Å². The molecular weight excluding hydrogens is 1090 g/mol. The van der Waals surface area contributed by atoms with E-state index in [9.17, 15) is 10.5 Å². The smallest absolute Gasteiger partial charge is 0.164 e. The molecule has 0 atom stereocenters. The Hall–Kier alpha value is -12.7. The molecular formula is C78H47N11. The van der Waals surface area contributed by atoms with Gasteiger partial charge in [0.25, 0.3) is 0 Å². The number of rotatable bonds is 12. The summed E-state index contributed by atoms with van der Waals surface area (Å²) in [6.45, 7) is 0. The van der Waals surface area contributed by atoms with Gasteiger partial charge in [-0.2, -0.15) is 10.5 Å². The van der Waals surface area contributed by atoms with Gasteiger partial charge >= 0.3 is 0 Å². The van der Waals surface area contributed by atoms with Crippen molar-refractivity contribution in [2.45, 2.75) is 0 Å². The van der Waals surface area contributed by atoms with Crippen molar-refractivity contribution in [3.8, 4) is 142 Å². The van der Waals surface area contributed by atoms with Crippen LogP contribution in [0.4, 0.5) is 0 Å². The quantitative estimate of drug-likeness (QED) is 0.115. The zero-order valence-electron chi connectivity index (χ0n) is 47.6. The summed E-state index contributed by atoms with van der Waals surface area (Å²) in [5.41, 5.74) is 15.7. The second kappa shape index (κ2) is 23.0. The second-order valence-corrected chi connectivity index (χ2v) is 21.4. The lowest BCUT2D eigenvalue weighted by Crippen LogP contribution is -2.03. The van der Waals surface area contributed by atoms with Crippen molar-refractivity contribution >= 4 is 21.8 Å². The summed E-state index contributed by atoms with van der Waals surface area (Å²) in [6.07, 6.45) is 0. The van der Waals surface area contributed by atoms with Crippen molar-refractivity contribution in [1.29, 1.82) is 10.5 Å². The fraction of sp³-hybridized carbons (Fsp3) is 0. The first kappa shape index (κ1) is 53.1. The Labute approximate surface area is 512 Å². The molecule has 0 spiro atoms. The van der Waals surface area contributed by atoms with Gasteiger partial charge in [-0.25, -0.2) is 39.9 Å². The molecule has 0 aliphatic heterocycles. The Kier molecular flexibility index (Phi) is 13.7. The van der Waals surface area contributed by atoms with Crippen LogP contribution in [0.3, 0.4) is 0 Å². The third-order valence-corrected chi connectivity index (χ3v) is 15.7. The zero-order chi connectivity index (χ0) is 59.6. The predicted octanol–water partition coefficient (Wildman–Crippen LogP) is 18.0. The topological polar surface area (TPSA) is 156 Å². The average molecular weight is 1140 g/mol. The largest absolute Gasteiger partial charge is 0.308 e. The van der Waals surface area contributed by atoms with Gasteiger partial charge < -0.3 is 4.57 Å². The Morgan fingerprint density at radius 2 is 0.539 bits per heavy atom. The third kappa shape index (κ3) is 10.4. The number of benzene rings is 11. The minimum absolute atomic E-state index is 0.493. The van der Waals surface area contributed by atoms with E-state index in [0.717, 1.165) is 106 Å². The summed E-state index contributed by atoms with van der Waals surface area (Å²) in [5.74, 6) is 3.73. The first-order valence-electron chi connectivity index (χ1n) is 29.0. The summed E-state index contributed by atoms with van der Waals surface area (Å²) < 4.78 is 2.30. The first-order valence-corrected chi connectivity index (χ1v) is 29.0. The van der Waals surface area contributed by atoms with Crippen molar-refractivity contribution < 1.29 is 0 Å². The summed E-state index contributed by atoms with van der Waals surface area (Å²) in [4.78, 5) is 41.4. The van der Waals surface area contributed by atoms with Gasteiger partial charge in [-0.15, -0.1) is 0 Å². The monoisotopic (exact) mass is 1140 g/mol. The Morgan fingerprint density at radius 1 is 0.236 bits per heavy atom. The Balaban J connectivity index is 1.04. The highest BCUT2D eigenvalue weighted by atomic mass is 15.0. The van der Waals surface area contributed by atoms with Crippen molar-refractivity contribution in [1.82, 2.24) is 44.4 Å². The molecule has 15 aromatic rings. The van der Waals surface area contributed by atoms with Crippen molar-refractivity contribution in [2.75, 3.05) is 0 Å². The van der Waals surface area contributed by atoms with E-state index in [1.54, 1.807) is 0 Å². The molecule has 4 heterocycles. The van der Waals surface area contributed by atoms with Gasteiger partial charge in [-0.1, -0.05) is 206 Å². The first-order chi connectivity index (χ1) is 44.0. The van der Waals surface area contributed by atoms with Crippen LogP contribution in [0.1, 0.15) is 11.1 Å². The number of fused-ring (bicyclic) bond motifs is 3. The van der Waals surface area contributed by atoms with Gasteiger partial charge in [-0.05, 0) is 90.0 Å². The van der Waals surface area contributed by atoms with Crippen LogP contribution in [0.15, 0.2) is 285 Å². The van der Waals surface area contributed by atoms with Gasteiger partial charge in [-0.3, -0.25) is 0 Å². The van der Waals surface area contributed by atoms with Gasteiger partial charge in [0.05, 0.1) is 51.4 Å². The highest BCUT2D eigenvalue weighted by Gasteiger charge is 2.26. The molecule has 0 aliphatic carbocycles. The number of nitrogens with zero attached hydrogens (tertiary/aromatic N) is 11. The van der Waals surface area contributed by atoms with Crippen LogP contribution in [0.5, 0.6) is 0 Å². The SMILES string of the molecule is N#Cc1cccc(-c2cc(-c3cc(-c4ccccc4)nc(-c4ccccc4)n3)cc(-c3cccc(C#N)c3)c2-n2c3ccc(-c4nc(-c5ccccc5)nc(-c5ccccc5)n4)cc3c3cc(-c4nc(-c5ccccc5)nc(-c5ccccc5)n4)ccc32)c1. The highest BCUT2D eigenvalue weighted by molar-refractivity contribution is 6.13. The molecule has 11 heteroatoms. The minimum Gasteiger partial charge on any atom is -0.308 e. The Morgan fingerprint density at radius 3 is 0.888 bits per heavy atom. The minimum atomic E-state index is 0.493. The van der Waals surface area contributed by atoms with E-state index in [1.807, 2.05) is 224 Å². The Bertz CT molecular complexity index is 4820. The van der Waals surface area contributed by atoms with E-state index in [2.05, 4.69) is 77.4 Å². The van der Waals surface area contributed by atoms with E-state index in [0.29, 0.717) is 57.6 Å². The van der Waals surface area contributed by atoms with Gasteiger partial charge in [0.15, 0.2) is 40.8 Å². The average Bonchev–Trinajstić information content (AvgIpc) is 1.66. The maximum atomic E-state index is 10.6. The molecule has 0 bridgehead atoms. The molecule has 0 saturated carbocycles. The third-order valence-electron chi connectivity index (χ3n) is 15.7. The normalized spacial score (nSPS) is 11.1. The van der Waals surface area contributed by atoms with E-state index in [1.165, 1.54) is 0 Å².